The van der Waals surface area contributed by atoms with Crippen molar-refractivity contribution in [1.29, 1.82) is 0 Å². The number of ether oxygens (including phenoxy) is 2. The average molecular weight is 944 g/mol. The molecule has 0 aliphatic carbocycles. The number of unbranched alkanes of at least 4 members (excludes halogenated alkanes) is 26. The summed E-state index contributed by atoms with van der Waals surface area (Å²) in [5.74, 6) is -0.903. The van der Waals surface area contributed by atoms with Gasteiger partial charge in [-0.1, -0.05) is 168 Å². The number of ketones is 4. The minimum absolute atomic E-state index is 0.00386. The van der Waals surface area contributed by atoms with Crippen LogP contribution >= 0.6 is 7.82 Å². The summed E-state index contributed by atoms with van der Waals surface area (Å²) in [6.07, 6.45) is 32.1. The standard InChI is InChI=1S/C51H94NO12P/c1-3-5-7-9-11-13-15-21-27-33-45(53)41-47(55)35-29-23-17-19-25-31-37-50(57)61-43-49(44-63-65(59,60)62-40-39-52)64-51(58)38-32-26-20-18-24-30-36-48(56)42-46(54)34-28-22-16-14-12-10-8-6-4-2/h49H,3-44,52H2,1-2H3,(H,59,60)/t49-/m1/s1. The van der Waals surface area contributed by atoms with Crippen LogP contribution in [0.5, 0.6) is 0 Å². The SMILES string of the molecule is CCCCCCCCCCCC(=O)CC(=O)CCCCCCCCC(=O)OC[C@H](COP(=O)(O)OCCN)OC(=O)CCCCCCCCC(=O)CC(=O)CCCCCCCCCCC. The molecule has 0 aliphatic heterocycles. The third-order valence-electron chi connectivity index (χ3n) is 11.6. The molecule has 1 unspecified atom stereocenters. The minimum atomic E-state index is -4.46. The van der Waals surface area contributed by atoms with E-state index < -0.39 is 32.5 Å². The Kier molecular flexibility index (Phi) is 43.9. The quantitative estimate of drug-likeness (QED) is 0.0252. The zero-order valence-corrected chi connectivity index (χ0v) is 42.1. The minimum Gasteiger partial charge on any atom is -0.462 e. The van der Waals surface area contributed by atoms with Crippen LogP contribution < -0.4 is 5.73 Å². The van der Waals surface area contributed by atoms with Crippen LogP contribution in [-0.4, -0.2) is 72.4 Å². The van der Waals surface area contributed by atoms with Gasteiger partial charge in [-0.25, -0.2) is 4.57 Å². The number of phosphoric ester groups is 1. The maximum atomic E-state index is 12.7. The van der Waals surface area contributed by atoms with Crippen molar-refractivity contribution in [2.24, 2.45) is 5.73 Å². The molecule has 0 amide bonds. The number of hydrogen-bond acceptors (Lipinski definition) is 12. The van der Waals surface area contributed by atoms with Crippen LogP contribution in [0, 0.1) is 0 Å². The van der Waals surface area contributed by atoms with Crippen molar-refractivity contribution in [3.8, 4) is 0 Å². The first kappa shape index (κ1) is 62.7. The first-order valence-electron chi connectivity index (χ1n) is 26.2. The Hall–Kier alpha value is -2.31. The highest BCUT2D eigenvalue weighted by molar-refractivity contribution is 7.47. The second-order valence-corrected chi connectivity index (χ2v) is 19.5. The van der Waals surface area contributed by atoms with Crippen LogP contribution in [0.4, 0.5) is 0 Å². The Bertz CT molecular complexity index is 1280. The van der Waals surface area contributed by atoms with Gasteiger partial charge in [-0.2, -0.15) is 0 Å². The van der Waals surface area contributed by atoms with E-state index in [4.69, 9.17) is 24.3 Å². The Morgan fingerprint density at radius 3 is 1.08 bits per heavy atom. The van der Waals surface area contributed by atoms with E-state index in [1.54, 1.807) is 0 Å². The summed E-state index contributed by atoms with van der Waals surface area (Å²) in [5.41, 5.74) is 5.34. The molecule has 13 nitrogen and oxygen atoms in total. The van der Waals surface area contributed by atoms with Crippen molar-refractivity contribution in [1.82, 2.24) is 0 Å². The molecule has 65 heavy (non-hydrogen) atoms. The van der Waals surface area contributed by atoms with Crippen molar-refractivity contribution in [3.05, 3.63) is 0 Å². The second-order valence-electron chi connectivity index (χ2n) is 18.1. The molecule has 0 spiro atoms. The number of esters is 2. The molecule has 0 fully saturated rings. The number of rotatable bonds is 51. The Morgan fingerprint density at radius 1 is 0.431 bits per heavy atom. The fraction of sp³-hybridized carbons (Fsp3) is 0.882. The lowest BCUT2D eigenvalue weighted by molar-refractivity contribution is -0.161. The maximum absolute atomic E-state index is 12.7. The Morgan fingerprint density at radius 2 is 0.738 bits per heavy atom. The molecule has 0 saturated heterocycles. The number of carbonyl (C=O) groups excluding carboxylic acids is 6. The van der Waals surface area contributed by atoms with Gasteiger partial charge in [0.05, 0.1) is 26.1 Å². The summed E-state index contributed by atoms with van der Waals surface area (Å²) in [7, 11) is -4.46. The lowest BCUT2D eigenvalue weighted by Gasteiger charge is -2.19. The molecule has 0 aromatic carbocycles. The van der Waals surface area contributed by atoms with Gasteiger partial charge in [0, 0.05) is 45.1 Å². The smallest absolute Gasteiger partial charge is 0.462 e. The predicted molar refractivity (Wildman–Crippen MR) is 258 cm³/mol. The molecule has 14 heteroatoms. The number of phosphoric acid groups is 1. The van der Waals surface area contributed by atoms with Crippen molar-refractivity contribution in [3.63, 3.8) is 0 Å². The van der Waals surface area contributed by atoms with Crippen LogP contribution in [0.25, 0.3) is 0 Å². The molecule has 0 bridgehead atoms. The molecule has 2 atom stereocenters. The normalized spacial score (nSPS) is 12.7. The van der Waals surface area contributed by atoms with Gasteiger partial charge in [-0.3, -0.25) is 37.8 Å². The van der Waals surface area contributed by atoms with Crippen LogP contribution in [-0.2, 0) is 51.9 Å². The molecule has 0 heterocycles. The molecule has 3 N–H and O–H groups in total. The number of hydrogen-bond donors (Lipinski definition) is 2. The summed E-state index contributed by atoms with van der Waals surface area (Å²) < 4.78 is 32.7. The van der Waals surface area contributed by atoms with Crippen molar-refractivity contribution >= 4 is 42.9 Å². The number of nitrogens with two attached hydrogens (primary N) is 1. The Labute approximate surface area is 394 Å². The van der Waals surface area contributed by atoms with E-state index in [1.165, 1.54) is 77.0 Å². The lowest BCUT2D eigenvalue weighted by atomic mass is 10.0. The number of carbonyl (C=O) groups is 6. The van der Waals surface area contributed by atoms with Gasteiger partial charge < -0.3 is 20.1 Å². The fourth-order valence-electron chi connectivity index (χ4n) is 7.66. The highest BCUT2D eigenvalue weighted by Crippen LogP contribution is 2.43. The second kappa shape index (κ2) is 45.5. The fourth-order valence-corrected chi connectivity index (χ4v) is 8.42. The van der Waals surface area contributed by atoms with Gasteiger partial charge in [-0.05, 0) is 38.5 Å². The third kappa shape index (κ3) is 45.3. The molecule has 0 radical (unpaired) electrons. The highest BCUT2D eigenvalue weighted by atomic mass is 31.2. The third-order valence-corrected chi connectivity index (χ3v) is 12.6. The summed E-state index contributed by atoms with van der Waals surface area (Å²) in [6, 6.07) is 0. The van der Waals surface area contributed by atoms with E-state index in [0.29, 0.717) is 38.5 Å². The molecular formula is C51H94NO12P. The summed E-state index contributed by atoms with van der Waals surface area (Å²) >= 11 is 0. The highest BCUT2D eigenvalue weighted by Gasteiger charge is 2.26. The van der Waals surface area contributed by atoms with E-state index in [0.717, 1.165) is 103 Å². The van der Waals surface area contributed by atoms with Crippen molar-refractivity contribution < 1.29 is 56.7 Å². The van der Waals surface area contributed by atoms with E-state index in [1.807, 2.05) is 0 Å². The van der Waals surface area contributed by atoms with Crippen molar-refractivity contribution in [2.45, 2.75) is 264 Å². The first-order chi connectivity index (χ1) is 31.4. The molecule has 0 saturated carbocycles. The van der Waals surface area contributed by atoms with E-state index in [-0.39, 0.29) is 68.6 Å². The molecular weight excluding hydrogens is 850 g/mol. The number of Topliss-reactive ketones (excluding diaryl/α,β-unsaturated/α-hetero) is 4. The predicted octanol–water partition coefficient (Wildman–Crippen LogP) is 12.7. The van der Waals surface area contributed by atoms with Gasteiger partial charge >= 0.3 is 19.8 Å². The summed E-state index contributed by atoms with van der Waals surface area (Å²) in [6.45, 7) is 3.37. The van der Waals surface area contributed by atoms with Crippen molar-refractivity contribution in [2.75, 3.05) is 26.4 Å². The monoisotopic (exact) mass is 944 g/mol. The largest absolute Gasteiger partial charge is 0.472 e. The van der Waals surface area contributed by atoms with Crippen LogP contribution in [0.1, 0.15) is 258 Å². The molecule has 0 aromatic rings. The summed E-state index contributed by atoms with van der Waals surface area (Å²) in [5, 5.41) is 0. The molecule has 0 rings (SSSR count). The summed E-state index contributed by atoms with van der Waals surface area (Å²) in [4.78, 5) is 84.0. The van der Waals surface area contributed by atoms with Crippen LogP contribution in [0.15, 0.2) is 0 Å². The van der Waals surface area contributed by atoms with Gasteiger partial charge in [0.15, 0.2) is 6.10 Å². The lowest BCUT2D eigenvalue weighted by Crippen LogP contribution is -2.29. The van der Waals surface area contributed by atoms with Gasteiger partial charge in [-0.15, -0.1) is 0 Å². The van der Waals surface area contributed by atoms with Gasteiger partial charge in [0.25, 0.3) is 0 Å². The van der Waals surface area contributed by atoms with Gasteiger partial charge in [0.2, 0.25) is 0 Å². The van der Waals surface area contributed by atoms with Crippen LogP contribution in [0.2, 0.25) is 0 Å². The topological polar surface area (TPSA) is 203 Å². The van der Waals surface area contributed by atoms with E-state index in [9.17, 15) is 38.2 Å². The van der Waals surface area contributed by atoms with Gasteiger partial charge in [0.1, 0.15) is 29.7 Å². The van der Waals surface area contributed by atoms with E-state index >= 15 is 0 Å². The zero-order chi connectivity index (χ0) is 48.1. The molecule has 0 aromatic heterocycles. The van der Waals surface area contributed by atoms with Crippen LogP contribution in [0.3, 0.4) is 0 Å². The average Bonchev–Trinajstić information content (AvgIpc) is 3.27. The first-order valence-corrected chi connectivity index (χ1v) is 27.7. The Balaban J connectivity index is 4.21. The molecule has 380 valence electrons. The zero-order valence-electron chi connectivity index (χ0n) is 41.2. The maximum Gasteiger partial charge on any atom is 0.472 e. The van der Waals surface area contributed by atoms with E-state index in [2.05, 4.69) is 13.8 Å². The molecule has 0 aliphatic rings.